The van der Waals surface area contributed by atoms with Crippen LogP contribution in [0.2, 0.25) is 0 Å². The number of fused-ring (bicyclic) bond motifs is 1. The van der Waals surface area contributed by atoms with Gasteiger partial charge in [-0.2, -0.15) is 5.10 Å². The van der Waals surface area contributed by atoms with Gasteiger partial charge in [0.15, 0.2) is 24.1 Å². The second kappa shape index (κ2) is 9.24. The van der Waals surface area contributed by atoms with Crippen molar-refractivity contribution in [1.29, 1.82) is 0 Å². The van der Waals surface area contributed by atoms with Gasteiger partial charge in [0.2, 0.25) is 11.8 Å². The molecule has 4 rings (SSSR count). The first-order chi connectivity index (χ1) is 16.2. The van der Waals surface area contributed by atoms with E-state index in [2.05, 4.69) is 30.5 Å². The van der Waals surface area contributed by atoms with Crippen LogP contribution in [0.25, 0.3) is 22.4 Å². The largest absolute Gasteiger partial charge is 0.472 e. The molecule has 0 bridgehead atoms. The molecular formula is C18H14F4N8O4. The highest BCUT2D eigenvalue weighted by atomic mass is 19.3. The molecule has 0 aliphatic rings. The van der Waals surface area contributed by atoms with E-state index < -0.39 is 36.8 Å². The minimum atomic E-state index is -3.06. The van der Waals surface area contributed by atoms with E-state index in [1.165, 1.54) is 23.9 Å². The number of aromatic amines is 2. The van der Waals surface area contributed by atoms with Crippen molar-refractivity contribution >= 4 is 11.0 Å². The molecule has 0 aromatic carbocycles. The monoisotopic (exact) mass is 482 g/mol. The zero-order chi connectivity index (χ0) is 24.4. The van der Waals surface area contributed by atoms with E-state index in [0.717, 1.165) is 12.3 Å². The van der Waals surface area contributed by atoms with Crippen LogP contribution in [0.4, 0.5) is 17.6 Å². The normalized spacial score (nSPS) is 12.4. The molecule has 16 heteroatoms. The third kappa shape index (κ3) is 4.69. The van der Waals surface area contributed by atoms with Gasteiger partial charge in [-0.05, 0) is 12.1 Å². The Labute approximate surface area is 185 Å². The lowest BCUT2D eigenvalue weighted by atomic mass is 10.1. The number of hydrogen-bond donors (Lipinski definition) is 2. The van der Waals surface area contributed by atoms with Crippen LogP contribution in [0.1, 0.15) is 11.7 Å². The molecule has 34 heavy (non-hydrogen) atoms. The molecule has 0 aliphatic carbocycles. The van der Waals surface area contributed by atoms with Gasteiger partial charge in [0, 0.05) is 24.9 Å². The van der Waals surface area contributed by atoms with Crippen molar-refractivity contribution in [3.05, 3.63) is 50.8 Å². The molecule has 1 atom stereocenters. The van der Waals surface area contributed by atoms with Gasteiger partial charge >= 0.3 is 5.69 Å². The first kappa shape index (κ1) is 22.8. The van der Waals surface area contributed by atoms with Crippen LogP contribution in [0, 0.1) is 0 Å². The fourth-order valence-corrected chi connectivity index (χ4v) is 2.96. The minimum Gasteiger partial charge on any atom is -0.472 e. The molecule has 0 fully saturated rings. The number of hydrogen-bond acceptors (Lipinski definition) is 9. The molecule has 0 radical (unpaired) electrons. The van der Waals surface area contributed by atoms with Crippen molar-refractivity contribution in [3.63, 3.8) is 0 Å². The average Bonchev–Trinajstić information content (AvgIpc) is 3.10. The van der Waals surface area contributed by atoms with Crippen LogP contribution in [-0.2, 0) is 7.05 Å². The number of pyridine rings is 1. The maximum Gasteiger partial charge on any atom is 0.342 e. The Hall–Kier alpha value is -4.37. The van der Waals surface area contributed by atoms with Crippen molar-refractivity contribution in [2.45, 2.75) is 19.0 Å². The Morgan fingerprint density at radius 2 is 1.94 bits per heavy atom. The molecule has 0 spiro atoms. The molecule has 0 aliphatic heterocycles. The highest BCUT2D eigenvalue weighted by molar-refractivity contribution is 5.83. The van der Waals surface area contributed by atoms with Crippen molar-refractivity contribution in [3.8, 4) is 23.1 Å². The number of nitrogens with zero attached hydrogens (tertiary/aromatic N) is 6. The van der Waals surface area contributed by atoms with E-state index in [9.17, 15) is 27.2 Å². The highest BCUT2D eigenvalue weighted by Gasteiger charge is 2.28. The number of rotatable bonds is 8. The maximum absolute atomic E-state index is 13.9. The van der Waals surface area contributed by atoms with Crippen molar-refractivity contribution < 1.29 is 27.0 Å². The number of halogens is 4. The number of alkyl halides is 4. The van der Waals surface area contributed by atoms with Gasteiger partial charge in [-0.25, -0.2) is 37.1 Å². The third-order valence-corrected chi connectivity index (χ3v) is 4.42. The van der Waals surface area contributed by atoms with Crippen LogP contribution < -0.4 is 20.7 Å². The zero-order valence-electron chi connectivity index (χ0n) is 17.1. The lowest BCUT2D eigenvalue weighted by Gasteiger charge is -2.18. The van der Waals surface area contributed by atoms with Gasteiger partial charge in [-0.15, -0.1) is 15.3 Å². The molecule has 0 unspecified atom stereocenters. The van der Waals surface area contributed by atoms with Crippen molar-refractivity contribution in [2.24, 2.45) is 7.05 Å². The van der Waals surface area contributed by atoms with Crippen LogP contribution in [0.3, 0.4) is 0 Å². The lowest BCUT2D eigenvalue weighted by molar-refractivity contribution is 0.00815. The molecule has 0 saturated heterocycles. The fraction of sp³-hybridized carbons (Fsp3) is 0.278. The molecule has 2 N–H and O–H groups in total. The summed E-state index contributed by atoms with van der Waals surface area (Å²) in [4.78, 5) is 28.9. The summed E-state index contributed by atoms with van der Waals surface area (Å²) >= 11 is 0. The van der Waals surface area contributed by atoms with Gasteiger partial charge in [0.05, 0.1) is 5.39 Å². The van der Waals surface area contributed by atoms with Crippen LogP contribution in [0.5, 0.6) is 11.8 Å². The van der Waals surface area contributed by atoms with Gasteiger partial charge in [0.25, 0.3) is 18.4 Å². The number of aryl methyl sites for hydroxylation is 1. The third-order valence-electron chi connectivity index (χ3n) is 4.42. The van der Waals surface area contributed by atoms with Gasteiger partial charge in [0.1, 0.15) is 5.69 Å². The number of nitrogens with one attached hydrogen (secondary N) is 2. The smallest absolute Gasteiger partial charge is 0.342 e. The number of H-pyrrole nitrogens is 2. The fourth-order valence-electron chi connectivity index (χ4n) is 2.96. The standard InChI is InChI=1S/C18H14F4N8O4/c1-30-15-8(5-9(25-27-15)12-16(31)24-18(32)28-26-12)17(29-30)34-13(14(21)22)7-2-3-23-11(4-7)33-6-10(19)20/h2-5,10,13-14H,6H2,1H3,(H2,24,28,31,32)/t13-/m0/s1. The Morgan fingerprint density at radius 1 is 1.15 bits per heavy atom. The predicted octanol–water partition coefficient (Wildman–Crippen LogP) is 1.23. The van der Waals surface area contributed by atoms with Gasteiger partial charge in [-0.1, -0.05) is 0 Å². The lowest BCUT2D eigenvalue weighted by Crippen LogP contribution is -2.25. The predicted molar refractivity (Wildman–Crippen MR) is 106 cm³/mol. The zero-order valence-corrected chi connectivity index (χ0v) is 17.1. The summed E-state index contributed by atoms with van der Waals surface area (Å²) in [5.41, 5.74) is -1.99. The second-order valence-electron chi connectivity index (χ2n) is 6.75. The van der Waals surface area contributed by atoms with Crippen LogP contribution >= 0.6 is 0 Å². The van der Waals surface area contributed by atoms with Crippen LogP contribution in [-0.4, -0.2) is 59.6 Å². The summed E-state index contributed by atoms with van der Waals surface area (Å²) in [6, 6.07) is 3.55. The quantitative estimate of drug-likeness (QED) is 0.353. The van der Waals surface area contributed by atoms with Gasteiger partial charge in [-0.3, -0.25) is 9.78 Å². The summed E-state index contributed by atoms with van der Waals surface area (Å²) in [5.74, 6) is -0.555. The molecule has 0 amide bonds. The molecule has 4 aromatic rings. The summed E-state index contributed by atoms with van der Waals surface area (Å²) < 4.78 is 64.0. The molecular weight excluding hydrogens is 468 g/mol. The van der Waals surface area contributed by atoms with E-state index in [1.54, 1.807) is 0 Å². The Bertz CT molecular complexity index is 1440. The minimum absolute atomic E-state index is 0.0805. The van der Waals surface area contributed by atoms with E-state index >= 15 is 0 Å². The Morgan fingerprint density at radius 3 is 2.65 bits per heavy atom. The summed E-state index contributed by atoms with van der Waals surface area (Å²) in [6.45, 7) is -0.957. The molecule has 0 saturated carbocycles. The number of ether oxygens (including phenoxy) is 2. The van der Waals surface area contributed by atoms with E-state index in [-0.39, 0.29) is 39.7 Å². The first-order valence-corrected chi connectivity index (χ1v) is 9.44. The van der Waals surface area contributed by atoms with E-state index in [1.807, 2.05) is 4.98 Å². The molecule has 178 valence electrons. The summed E-state index contributed by atoms with van der Waals surface area (Å²) in [7, 11) is 1.47. The molecule has 12 nitrogen and oxygen atoms in total. The Kier molecular flexibility index (Phi) is 6.20. The topological polar surface area (TPSA) is 154 Å². The summed E-state index contributed by atoms with van der Waals surface area (Å²) in [5, 5.41) is 17.6. The average molecular weight is 482 g/mol. The number of aromatic nitrogens is 8. The highest BCUT2D eigenvalue weighted by Crippen LogP contribution is 2.32. The van der Waals surface area contributed by atoms with Crippen LogP contribution in [0.15, 0.2) is 34.0 Å². The first-order valence-electron chi connectivity index (χ1n) is 9.44. The molecule has 4 aromatic heterocycles. The van der Waals surface area contributed by atoms with E-state index in [0.29, 0.717) is 0 Å². The van der Waals surface area contributed by atoms with E-state index in [4.69, 9.17) is 9.47 Å². The van der Waals surface area contributed by atoms with Crippen molar-refractivity contribution in [1.82, 2.24) is 40.1 Å². The molecule has 4 heterocycles. The summed E-state index contributed by atoms with van der Waals surface area (Å²) in [6.07, 6.45) is -6.59. The second-order valence-corrected chi connectivity index (χ2v) is 6.75. The maximum atomic E-state index is 13.9. The van der Waals surface area contributed by atoms with Gasteiger partial charge < -0.3 is 9.47 Å². The van der Waals surface area contributed by atoms with Crippen molar-refractivity contribution in [2.75, 3.05) is 6.61 Å². The SMILES string of the molecule is Cn1nc(O[C@@H](c2ccnc(OCC(F)F)c2)C(F)F)c2cc(-c3n[nH]c(=O)[nH]c3=O)nnc21. The Balaban J connectivity index is 1.71.